The topological polar surface area (TPSA) is 66.5 Å². The van der Waals surface area contributed by atoms with Gasteiger partial charge in [0.15, 0.2) is 0 Å². The van der Waals surface area contributed by atoms with Crippen LogP contribution in [-0.4, -0.2) is 44.8 Å². The number of anilines is 1. The monoisotopic (exact) mass is 413 g/mol. The predicted molar refractivity (Wildman–Crippen MR) is 124 cm³/mol. The minimum absolute atomic E-state index is 0.103. The zero-order valence-corrected chi connectivity index (χ0v) is 18.1. The van der Waals surface area contributed by atoms with Crippen LogP contribution in [0.5, 0.6) is 0 Å². The zero-order valence-electron chi connectivity index (χ0n) is 18.1. The minimum Gasteiger partial charge on any atom is -0.372 e. The second-order valence-electron chi connectivity index (χ2n) is 8.90. The van der Waals surface area contributed by atoms with Crippen molar-refractivity contribution in [3.8, 4) is 0 Å². The molecule has 1 aromatic carbocycles. The molecule has 0 radical (unpaired) electrons. The highest BCUT2D eigenvalue weighted by Gasteiger charge is 2.41. The molecule has 3 atom stereocenters. The van der Waals surface area contributed by atoms with Gasteiger partial charge >= 0.3 is 0 Å². The van der Waals surface area contributed by atoms with E-state index in [0.29, 0.717) is 6.04 Å². The summed E-state index contributed by atoms with van der Waals surface area (Å²) in [5.41, 5.74) is 5.60. The Kier molecular flexibility index (Phi) is 5.16. The van der Waals surface area contributed by atoms with E-state index >= 15 is 0 Å². The van der Waals surface area contributed by atoms with Crippen LogP contribution in [0.4, 0.5) is 5.69 Å². The molecule has 31 heavy (non-hydrogen) atoms. The fourth-order valence-electron chi connectivity index (χ4n) is 5.05. The fraction of sp³-hybridized carbons (Fsp3) is 0.320. The number of benzene rings is 1. The van der Waals surface area contributed by atoms with Crippen LogP contribution in [0.3, 0.4) is 0 Å². The number of likely N-dealkylation sites (N-methyl/N-ethyl adjacent to an activating group) is 1. The maximum Gasteiger partial charge on any atom is 0.118 e. The van der Waals surface area contributed by atoms with Crippen LogP contribution in [0.25, 0.3) is 10.9 Å². The molecule has 6 heteroatoms. The third kappa shape index (κ3) is 4.03. The lowest BCUT2D eigenvalue weighted by atomic mass is 10.0. The number of pyridine rings is 2. The first kappa shape index (κ1) is 19.7. The smallest absolute Gasteiger partial charge is 0.118 e. The zero-order chi connectivity index (χ0) is 21.3. The number of nitrogens with one attached hydrogen (secondary N) is 2. The Morgan fingerprint density at radius 3 is 2.94 bits per heavy atom. The van der Waals surface area contributed by atoms with Crippen LogP contribution in [0.2, 0.25) is 0 Å². The molecular weight excluding hydrogens is 384 g/mol. The molecule has 1 aliphatic rings. The summed E-state index contributed by atoms with van der Waals surface area (Å²) in [7, 11) is 2.38. The fourth-order valence-corrected chi connectivity index (χ4v) is 5.05. The normalized spacial score (nSPS) is 21.9. The SMILES string of the molecule is Cc1cccc(C(C[N+]2(C)CCCC2c2cccnc2)Nc2ccc3[nH]ncc3c2)n1. The van der Waals surface area contributed by atoms with E-state index in [0.717, 1.165) is 45.6 Å². The van der Waals surface area contributed by atoms with Gasteiger partial charge in [-0.1, -0.05) is 12.1 Å². The number of nitrogens with zero attached hydrogens (tertiary/aromatic N) is 4. The minimum atomic E-state index is 0.103. The number of quaternary nitrogens is 1. The molecule has 2 N–H and O–H groups in total. The predicted octanol–water partition coefficient (Wildman–Crippen LogP) is 4.80. The number of aryl methyl sites for hydroxylation is 1. The molecule has 4 heterocycles. The van der Waals surface area contributed by atoms with Crippen molar-refractivity contribution in [1.29, 1.82) is 0 Å². The van der Waals surface area contributed by atoms with Crippen LogP contribution < -0.4 is 5.32 Å². The average Bonchev–Trinajstić information content (AvgIpc) is 3.40. The summed E-state index contributed by atoms with van der Waals surface area (Å²) >= 11 is 0. The number of aromatic nitrogens is 4. The Morgan fingerprint density at radius 1 is 1.16 bits per heavy atom. The third-order valence-corrected chi connectivity index (χ3v) is 6.62. The number of aromatic amines is 1. The maximum absolute atomic E-state index is 4.89. The Bertz CT molecular complexity index is 1170. The van der Waals surface area contributed by atoms with E-state index in [1.54, 1.807) is 0 Å². The van der Waals surface area contributed by atoms with E-state index in [2.05, 4.69) is 83.0 Å². The first-order chi connectivity index (χ1) is 15.1. The molecule has 1 saturated heterocycles. The van der Waals surface area contributed by atoms with Gasteiger partial charge in [0.25, 0.3) is 0 Å². The van der Waals surface area contributed by atoms with Crippen molar-refractivity contribution in [3.05, 3.63) is 84.1 Å². The number of H-pyrrole nitrogens is 1. The van der Waals surface area contributed by atoms with E-state index in [4.69, 9.17) is 4.98 Å². The van der Waals surface area contributed by atoms with Crippen molar-refractivity contribution >= 4 is 16.6 Å². The van der Waals surface area contributed by atoms with Gasteiger partial charge in [0.05, 0.1) is 31.0 Å². The summed E-state index contributed by atoms with van der Waals surface area (Å²) in [6, 6.07) is 17.5. The third-order valence-electron chi connectivity index (χ3n) is 6.62. The van der Waals surface area contributed by atoms with Crippen molar-refractivity contribution in [2.45, 2.75) is 31.8 Å². The van der Waals surface area contributed by atoms with Gasteiger partial charge < -0.3 is 9.80 Å². The van der Waals surface area contributed by atoms with E-state index in [1.165, 1.54) is 18.4 Å². The van der Waals surface area contributed by atoms with Crippen LogP contribution in [0.1, 0.15) is 41.9 Å². The van der Waals surface area contributed by atoms with Gasteiger partial charge in [0.1, 0.15) is 18.6 Å². The number of likely N-dealkylation sites (tertiary alicyclic amines) is 1. The van der Waals surface area contributed by atoms with Crippen molar-refractivity contribution in [2.75, 3.05) is 25.5 Å². The van der Waals surface area contributed by atoms with Gasteiger partial charge in [0, 0.05) is 47.6 Å². The van der Waals surface area contributed by atoms with Gasteiger partial charge in [-0.25, -0.2) is 0 Å². The van der Waals surface area contributed by atoms with Gasteiger partial charge in [-0.3, -0.25) is 15.1 Å². The van der Waals surface area contributed by atoms with Crippen LogP contribution in [0, 0.1) is 6.92 Å². The molecule has 6 nitrogen and oxygen atoms in total. The standard InChI is InChI=1S/C25H29N6/c1-18-6-3-8-23(28-18)24(29-21-10-11-22-20(14-21)16-27-30-22)17-31(2)13-5-9-25(31)19-7-4-12-26-15-19/h3-4,6-8,10-12,14-16,24-25,29H,5,9,13,17H2,1-2H3,(H,27,30)/q+1. The Morgan fingerprint density at radius 2 is 2.10 bits per heavy atom. The van der Waals surface area contributed by atoms with Crippen LogP contribution in [-0.2, 0) is 0 Å². The van der Waals surface area contributed by atoms with Gasteiger partial charge in [-0.15, -0.1) is 0 Å². The molecular formula is C25H29N6+. The largest absolute Gasteiger partial charge is 0.372 e. The highest BCUT2D eigenvalue weighted by atomic mass is 15.4. The molecule has 0 amide bonds. The van der Waals surface area contributed by atoms with Crippen LogP contribution >= 0.6 is 0 Å². The second kappa shape index (κ2) is 8.12. The molecule has 1 aliphatic heterocycles. The van der Waals surface area contributed by atoms with Crippen molar-refractivity contribution in [3.63, 3.8) is 0 Å². The molecule has 158 valence electrons. The van der Waals surface area contributed by atoms with Gasteiger partial charge in [-0.05, 0) is 43.3 Å². The number of hydrogen-bond donors (Lipinski definition) is 2. The molecule has 3 unspecified atom stereocenters. The Balaban J connectivity index is 1.48. The van der Waals surface area contributed by atoms with Crippen molar-refractivity contribution in [1.82, 2.24) is 20.2 Å². The summed E-state index contributed by atoms with van der Waals surface area (Å²) in [6.45, 7) is 4.17. The maximum atomic E-state index is 4.89. The molecule has 0 aliphatic carbocycles. The molecule has 4 aromatic rings. The average molecular weight is 414 g/mol. The molecule has 5 rings (SSSR count). The van der Waals surface area contributed by atoms with E-state index in [9.17, 15) is 0 Å². The highest BCUT2D eigenvalue weighted by molar-refractivity contribution is 5.81. The first-order valence-corrected chi connectivity index (χ1v) is 11.0. The number of hydrogen-bond acceptors (Lipinski definition) is 4. The first-order valence-electron chi connectivity index (χ1n) is 11.0. The van der Waals surface area contributed by atoms with Crippen molar-refractivity contribution in [2.24, 2.45) is 0 Å². The summed E-state index contributed by atoms with van der Waals surface area (Å²) in [4.78, 5) is 9.28. The quantitative estimate of drug-likeness (QED) is 0.446. The van der Waals surface area contributed by atoms with Crippen LogP contribution in [0.15, 0.2) is 67.1 Å². The molecule has 3 aromatic heterocycles. The number of fused-ring (bicyclic) bond motifs is 1. The van der Waals surface area contributed by atoms with Gasteiger partial charge in [-0.2, -0.15) is 5.10 Å². The Labute approximate surface area is 182 Å². The van der Waals surface area contributed by atoms with Gasteiger partial charge in [0.2, 0.25) is 0 Å². The summed E-state index contributed by atoms with van der Waals surface area (Å²) in [6.07, 6.45) is 8.18. The molecule has 0 spiro atoms. The second-order valence-corrected chi connectivity index (χ2v) is 8.90. The molecule has 0 saturated carbocycles. The van der Waals surface area contributed by atoms with E-state index in [1.807, 2.05) is 18.6 Å². The van der Waals surface area contributed by atoms with Crippen molar-refractivity contribution < 1.29 is 4.48 Å². The molecule has 0 bridgehead atoms. The lowest BCUT2D eigenvalue weighted by molar-refractivity contribution is -0.927. The lowest BCUT2D eigenvalue weighted by Gasteiger charge is -2.39. The molecule has 1 fully saturated rings. The summed E-state index contributed by atoms with van der Waals surface area (Å²) < 4.78 is 0.979. The summed E-state index contributed by atoms with van der Waals surface area (Å²) in [5.74, 6) is 0. The summed E-state index contributed by atoms with van der Waals surface area (Å²) in [5, 5.41) is 12.1. The number of rotatable bonds is 6. The highest BCUT2D eigenvalue weighted by Crippen LogP contribution is 2.39. The Hall–Kier alpha value is -3.25. The van der Waals surface area contributed by atoms with E-state index < -0.39 is 0 Å². The van der Waals surface area contributed by atoms with E-state index in [-0.39, 0.29) is 6.04 Å². The lowest BCUT2D eigenvalue weighted by Crippen LogP contribution is -2.47.